The van der Waals surface area contributed by atoms with Crippen LogP contribution in [0.15, 0.2) is 24.3 Å². The van der Waals surface area contributed by atoms with Crippen molar-refractivity contribution in [3.63, 3.8) is 0 Å². The molecule has 5 nitrogen and oxygen atoms in total. The summed E-state index contributed by atoms with van der Waals surface area (Å²) in [6.07, 6.45) is 2.54. The van der Waals surface area contributed by atoms with Crippen LogP contribution in [0.1, 0.15) is 48.9 Å². The molecule has 0 spiro atoms. The van der Waals surface area contributed by atoms with Gasteiger partial charge in [0.15, 0.2) is 5.82 Å². The molecule has 1 amide bonds. The number of aryl methyl sites for hydroxylation is 1. The number of fused-ring (bicyclic) bond motifs is 1. The number of amides is 1. The molecule has 116 valence electrons. The first-order chi connectivity index (χ1) is 10.7. The van der Waals surface area contributed by atoms with Gasteiger partial charge >= 0.3 is 0 Å². The minimum absolute atomic E-state index is 0.00707. The maximum atomic E-state index is 12.0. The molecule has 22 heavy (non-hydrogen) atoms. The van der Waals surface area contributed by atoms with Crippen molar-refractivity contribution in [3.8, 4) is 5.75 Å². The Morgan fingerprint density at radius 2 is 2.18 bits per heavy atom. The third-order valence-electron chi connectivity index (χ3n) is 4.04. The Labute approximate surface area is 130 Å². The van der Waals surface area contributed by atoms with Crippen molar-refractivity contribution < 1.29 is 9.53 Å². The molecule has 2 N–H and O–H groups in total. The average Bonchev–Trinajstić information content (AvgIpc) is 2.88. The van der Waals surface area contributed by atoms with E-state index in [9.17, 15) is 4.79 Å². The molecule has 1 aliphatic heterocycles. The summed E-state index contributed by atoms with van der Waals surface area (Å²) in [5, 5.41) is 9.99. The van der Waals surface area contributed by atoms with Gasteiger partial charge in [-0.15, -0.1) is 0 Å². The van der Waals surface area contributed by atoms with E-state index < -0.39 is 0 Å². The average molecular weight is 299 g/mol. The fraction of sp³-hybridized carbons (Fsp3) is 0.412. The molecule has 1 aromatic heterocycles. The van der Waals surface area contributed by atoms with Crippen molar-refractivity contribution in [2.75, 3.05) is 11.9 Å². The van der Waals surface area contributed by atoms with Crippen LogP contribution in [0.4, 0.5) is 5.82 Å². The Morgan fingerprint density at radius 1 is 1.36 bits per heavy atom. The molecule has 3 rings (SSSR count). The first kappa shape index (κ1) is 14.6. The number of hydrogen-bond donors (Lipinski definition) is 2. The lowest BCUT2D eigenvalue weighted by Crippen LogP contribution is -2.23. The first-order valence-corrected chi connectivity index (χ1v) is 7.77. The van der Waals surface area contributed by atoms with Gasteiger partial charge in [-0.2, -0.15) is 5.10 Å². The molecule has 1 unspecified atom stereocenters. The van der Waals surface area contributed by atoms with Crippen molar-refractivity contribution >= 4 is 11.7 Å². The van der Waals surface area contributed by atoms with E-state index in [4.69, 9.17) is 4.74 Å². The molecule has 0 bridgehead atoms. The minimum atomic E-state index is -0.0136. The van der Waals surface area contributed by atoms with Crippen LogP contribution in [-0.4, -0.2) is 22.7 Å². The Bertz CT molecular complexity index is 678. The van der Waals surface area contributed by atoms with Gasteiger partial charge in [0.05, 0.1) is 6.61 Å². The summed E-state index contributed by atoms with van der Waals surface area (Å²) in [4.78, 5) is 12.0. The van der Waals surface area contributed by atoms with Crippen molar-refractivity contribution in [1.82, 2.24) is 10.2 Å². The standard InChI is InChI=1S/C17H21N3O2/c1-3-4-9-22-14-8-6-5-7-12(14)13-10-15(21)18-17-16(13)11(2)19-20-17/h5-8,13H,3-4,9-10H2,1-2H3,(H2,18,19,20,21). The van der Waals surface area contributed by atoms with Gasteiger partial charge in [0.2, 0.25) is 5.91 Å². The molecule has 0 fully saturated rings. The van der Waals surface area contributed by atoms with Crippen molar-refractivity contribution in [3.05, 3.63) is 41.1 Å². The number of carbonyl (C=O) groups is 1. The van der Waals surface area contributed by atoms with Crippen molar-refractivity contribution in [2.45, 2.75) is 39.0 Å². The van der Waals surface area contributed by atoms with Crippen LogP contribution in [0.25, 0.3) is 0 Å². The van der Waals surface area contributed by atoms with E-state index in [0.717, 1.165) is 35.4 Å². The number of unbranched alkanes of at least 4 members (excludes halogenated alkanes) is 1. The Morgan fingerprint density at radius 3 is 3.00 bits per heavy atom. The number of para-hydroxylation sites is 1. The molecule has 2 heterocycles. The van der Waals surface area contributed by atoms with E-state index in [1.807, 2.05) is 31.2 Å². The lowest BCUT2D eigenvalue weighted by molar-refractivity contribution is -0.116. The van der Waals surface area contributed by atoms with Crippen LogP contribution in [-0.2, 0) is 4.79 Å². The van der Waals surface area contributed by atoms with E-state index >= 15 is 0 Å². The zero-order valence-electron chi connectivity index (χ0n) is 13.0. The molecular weight excluding hydrogens is 278 g/mol. The van der Waals surface area contributed by atoms with E-state index in [-0.39, 0.29) is 11.8 Å². The van der Waals surface area contributed by atoms with Gasteiger partial charge in [0.1, 0.15) is 5.75 Å². The molecule has 0 saturated heterocycles. The first-order valence-electron chi connectivity index (χ1n) is 7.77. The maximum absolute atomic E-state index is 12.0. The van der Waals surface area contributed by atoms with Gasteiger partial charge in [0.25, 0.3) is 0 Å². The smallest absolute Gasteiger partial charge is 0.226 e. The molecule has 1 aromatic carbocycles. The second-order valence-electron chi connectivity index (χ2n) is 5.66. The summed E-state index contributed by atoms with van der Waals surface area (Å²) < 4.78 is 5.94. The van der Waals surface area contributed by atoms with E-state index in [0.29, 0.717) is 18.8 Å². The highest BCUT2D eigenvalue weighted by molar-refractivity contribution is 5.94. The second-order valence-corrected chi connectivity index (χ2v) is 5.66. The van der Waals surface area contributed by atoms with Gasteiger partial charge in [0, 0.05) is 29.2 Å². The van der Waals surface area contributed by atoms with Gasteiger partial charge in [-0.25, -0.2) is 0 Å². The number of ether oxygens (including phenoxy) is 1. The van der Waals surface area contributed by atoms with Gasteiger partial charge in [-0.1, -0.05) is 31.5 Å². The predicted molar refractivity (Wildman–Crippen MR) is 85.3 cm³/mol. The molecule has 1 atom stereocenters. The summed E-state index contributed by atoms with van der Waals surface area (Å²) in [6, 6.07) is 7.98. The monoisotopic (exact) mass is 299 g/mol. The SMILES string of the molecule is CCCCOc1ccccc1C1CC(=O)Nc2n[nH]c(C)c21. The molecule has 0 aliphatic carbocycles. The largest absolute Gasteiger partial charge is 0.493 e. The molecule has 1 aliphatic rings. The fourth-order valence-electron chi connectivity index (χ4n) is 2.92. The zero-order chi connectivity index (χ0) is 15.5. The minimum Gasteiger partial charge on any atom is -0.493 e. The lowest BCUT2D eigenvalue weighted by atomic mass is 9.85. The highest BCUT2D eigenvalue weighted by atomic mass is 16.5. The Kier molecular flexibility index (Phi) is 4.13. The normalized spacial score (nSPS) is 17.0. The summed E-state index contributed by atoms with van der Waals surface area (Å²) in [7, 11) is 0. The van der Waals surface area contributed by atoms with Crippen LogP contribution in [0.2, 0.25) is 0 Å². The number of anilines is 1. The van der Waals surface area contributed by atoms with Gasteiger partial charge in [-0.3, -0.25) is 9.89 Å². The number of carbonyl (C=O) groups excluding carboxylic acids is 1. The Hall–Kier alpha value is -2.30. The number of nitrogens with one attached hydrogen (secondary N) is 2. The third-order valence-corrected chi connectivity index (χ3v) is 4.04. The number of aromatic nitrogens is 2. The van der Waals surface area contributed by atoms with Crippen LogP contribution < -0.4 is 10.1 Å². The van der Waals surface area contributed by atoms with Crippen molar-refractivity contribution in [2.24, 2.45) is 0 Å². The predicted octanol–water partition coefficient (Wildman–Crippen LogP) is 3.37. The molecule has 2 aromatic rings. The number of benzene rings is 1. The van der Waals surface area contributed by atoms with E-state index in [1.165, 1.54) is 0 Å². The number of rotatable bonds is 5. The summed E-state index contributed by atoms with van der Waals surface area (Å²) in [5.74, 6) is 1.48. The molecule has 0 radical (unpaired) electrons. The molecular formula is C17H21N3O2. The van der Waals surface area contributed by atoms with Crippen LogP contribution >= 0.6 is 0 Å². The number of hydrogen-bond acceptors (Lipinski definition) is 3. The van der Waals surface area contributed by atoms with Crippen molar-refractivity contribution in [1.29, 1.82) is 0 Å². The number of H-pyrrole nitrogens is 1. The second kappa shape index (κ2) is 6.22. The highest BCUT2D eigenvalue weighted by Gasteiger charge is 2.31. The maximum Gasteiger partial charge on any atom is 0.226 e. The summed E-state index contributed by atoms with van der Waals surface area (Å²) >= 11 is 0. The topological polar surface area (TPSA) is 67.0 Å². The van der Waals surface area contributed by atoms with Gasteiger partial charge < -0.3 is 10.1 Å². The number of aromatic amines is 1. The fourth-order valence-corrected chi connectivity index (χ4v) is 2.92. The van der Waals surface area contributed by atoms with Crippen LogP contribution in [0, 0.1) is 6.92 Å². The molecule has 0 saturated carbocycles. The number of nitrogens with zero attached hydrogens (tertiary/aromatic N) is 1. The summed E-state index contributed by atoms with van der Waals surface area (Å²) in [6.45, 7) is 4.82. The van der Waals surface area contributed by atoms with Crippen LogP contribution in [0.5, 0.6) is 5.75 Å². The summed E-state index contributed by atoms with van der Waals surface area (Å²) in [5.41, 5.74) is 3.11. The van der Waals surface area contributed by atoms with Gasteiger partial charge in [-0.05, 0) is 19.4 Å². The Balaban J connectivity index is 1.97. The van der Waals surface area contributed by atoms with E-state index in [2.05, 4.69) is 22.4 Å². The third kappa shape index (κ3) is 2.71. The quantitative estimate of drug-likeness (QED) is 0.832. The molecule has 5 heteroatoms. The zero-order valence-corrected chi connectivity index (χ0v) is 13.0. The van der Waals surface area contributed by atoms with E-state index in [1.54, 1.807) is 0 Å². The lowest BCUT2D eigenvalue weighted by Gasteiger charge is -2.24. The van der Waals surface area contributed by atoms with Crippen LogP contribution in [0.3, 0.4) is 0 Å². The highest BCUT2D eigenvalue weighted by Crippen LogP contribution is 2.41.